The number of nitrogens with one attached hydrogen (secondary N) is 1. The van der Waals surface area contributed by atoms with Gasteiger partial charge < -0.3 is 10.1 Å². The molecular weight excluding hydrogens is 258 g/mol. The van der Waals surface area contributed by atoms with E-state index in [0.717, 1.165) is 12.3 Å². The normalized spacial score (nSPS) is 12.2. The molecular formula is C19H25NO. The highest BCUT2D eigenvalue weighted by molar-refractivity contribution is 5.49. The molecule has 0 aromatic heterocycles. The quantitative estimate of drug-likeness (QED) is 0.882. The van der Waals surface area contributed by atoms with Crippen LogP contribution in [0.2, 0.25) is 0 Å². The minimum atomic E-state index is 0.157. The SMILES string of the molecule is CCNC(c1cccc(C)c1)c1ccc(C)c(C)c1OC. The second-order valence-corrected chi connectivity index (χ2v) is 5.53. The molecule has 2 heteroatoms. The van der Waals surface area contributed by atoms with E-state index in [0.29, 0.717) is 0 Å². The van der Waals surface area contributed by atoms with Crippen molar-refractivity contribution in [1.29, 1.82) is 0 Å². The number of rotatable bonds is 5. The van der Waals surface area contributed by atoms with Crippen molar-refractivity contribution >= 4 is 0 Å². The van der Waals surface area contributed by atoms with Crippen molar-refractivity contribution in [3.8, 4) is 5.75 Å². The van der Waals surface area contributed by atoms with Crippen molar-refractivity contribution in [2.75, 3.05) is 13.7 Å². The molecule has 0 spiro atoms. The summed E-state index contributed by atoms with van der Waals surface area (Å²) in [5.74, 6) is 0.988. The lowest BCUT2D eigenvalue weighted by atomic mass is 9.93. The van der Waals surface area contributed by atoms with Gasteiger partial charge in [-0.05, 0) is 44.0 Å². The lowest BCUT2D eigenvalue weighted by Crippen LogP contribution is -2.23. The lowest BCUT2D eigenvalue weighted by Gasteiger charge is -2.23. The number of methoxy groups -OCH3 is 1. The Bertz CT molecular complexity index is 619. The maximum atomic E-state index is 5.70. The molecule has 2 rings (SSSR count). The Hall–Kier alpha value is -1.80. The zero-order chi connectivity index (χ0) is 15.4. The molecule has 1 unspecified atom stereocenters. The van der Waals surface area contributed by atoms with Crippen LogP contribution >= 0.6 is 0 Å². The summed E-state index contributed by atoms with van der Waals surface area (Å²) in [6, 6.07) is 13.2. The maximum Gasteiger partial charge on any atom is 0.127 e. The van der Waals surface area contributed by atoms with Crippen LogP contribution in [-0.4, -0.2) is 13.7 Å². The molecule has 1 atom stereocenters. The first-order valence-corrected chi connectivity index (χ1v) is 7.52. The maximum absolute atomic E-state index is 5.70. The zero-order valence-corrected chi connectivity index (χ0v) is 13.7. The first-order chi connectivity index (χ1) is 10.1. The van der Waals surface area contributed by atoms with Gasteiger partial charge in [-0.3, -0.25) is 0 Å². The second kappa shape index (κ2) is 6.77. The van der Waals surface area contributed by atoms with Crippen molar-refractivity contribution in [2.45, 2.75) is 33.7 Å². The van der Waals surface area contributed by atoms with Crippen LogP contribution < -0.4 is 10.1 Å². The summed E-state index contributed by atoms with van der Waals surface area (Å²) in [5, 5.41) is 3.58. The van der Waals surface area contributed by atoms with Gasteiger partial charge in [0.25, 0.3) is 0 Å². The summed E-state index contributed by atoms with van der Waals surface area (Å²) < 4.78 is 5.70. The topological polar surface area (TPSA) is 21.3 Å². The fourth-order valence-corrected chi connectivity index (χ4v) is 2.77. The zero-order valence-electron chi connectivity index (χ0n) is 13.7. The molecule has 2 nitrogen and oxygen atoms in total. The Morgan fingerprint density at radius 1 is 1.10 bits per heavy atom. The summed E-state index contributed by atoms with van der Waals surface area (Å²) in [5.41, 5.74) is 6.23. The Kier molecular flexibility index (Phi) is 5.03. The predicted octanol–water partition coefficient (Wildman–Crippen LogP) is 4.32. The monoisotopic (exact) mass is 283 g/mol. The van der Waals surface area contributed by atoms with Gasteiger partial charge in [-0.2, -0.15) is 0 Å². The molecule has 2 aromatic carbocycles. The highest BCUT2D eigenvalue weighted by atomic mass is 16.5. The summed E-state index contributed by atoms with van der Waals surface area (Å²) >= 11 is 0. The fraction of sp³-hybridized carbons (Fsp3) is 0.368. The summed E-state index contributed by atoms with van der Waals surface area (Å²) in [7, 11) is 1.75. The van der Waals surface area contributed by atoms with E-state index < -0.39 is 0 Å². The summed E-state index contributed by atoms with van der Waals surface area (Å²) in [4.78, 5) is 0. The average Bonchev–Trinajstić information content (AvgIpc) is 2.48. The molecule has 0 aliphatic rings. The van der Waals surface area contributed by atoms with Gasteiger partial charge in [-0.15, -0.1) is 0 Å². The van der Waals surface area contributed by atoms with Crippen LogP contribution in [0.25, 0.3) is 0 Å². The van der Waals surface area contributed by atoms with Gasteiger partial charge in [-0.1, -0.05) is 48.9 Å². The van der Waals surface area contributed by atoms with Crippen molar-refractivity contribution in [3.05, 3.63) is 64.2 Å². The largest absolute Gasteiger partial charge is 0.496 e. The number of hydrogen-bond donors (Lipinski definition) is 1. The van der Waals surface area contributed by atoms with Gasteiger partial charge in [0.15, 0.2) is 0 Å². The van der Waals surface area contributed by atoms with Gasteiger partial charge >= 0.3 is 0 Å². The van der Waals surface area contributed by atoms with Gasteiger partial charge in [0.1, 0.15) is 5.75 Å². The van der Waals surface area contributed by atoms with E-state index in [9.17, 15) is 0 Å². The molecule has 0 saturated heterocycles. The highest BCUT2D eigenvalue weighted by Gasteiger charge is 2.19. The summed E-state index contributed by atoms with van der Waals surface area (Å²) in [6.07, 6.45) is 0. The number of benzene rings is 2. The molecule has 2 aromatic rings. The molecule has 0 fully saturated rings. The first-order valence-electron chi connectivity index (χ1n) is 7.52. The Morgan fingerprint density at radius 2 is 1.86 bits per heavy atom. The molecule has 21 heavy (non-hydrogen) atoms. The predicted molar refractivity (Wildman–Crippen MR) is 89.2 cm³/mol. The van der Waals surface area contributed by atoms with Crippen LogP contribution in [0.1, 0.15) is 40.8 Å². The molecule has 0 aliphatic heterocycles. The first kappa shape index (κ1) is 15.6. The third kappa shape index (κ3) is 3.27. The van der Waals surface area contributed by atoms with Crippen LogP contribution in [0.3, 0.4) is 0 Å². The molecule has 1 N–H and O–H groups in total. The van der Waals surface area contributed by atoms with Crippen molar-refractivity contribution < 1.29 is 4.74 Å². The lowest BCUT2D eigenvalue weighted by molar-refractivity contribution is 0.401. The van der Waals surface area contributed by atoms with Gasteiger partial charge in [0.2, 0.25) is 0 Å². The third-order valence-corrected chi connectivity index (χ3v) is 4.01. The Morgan fingerprint density at radius 3 is 2.48 bits per heavy atom. The van der Waals surface area contributed by atoms with Crippen molar-refractivity contribution in [2.24, 2.45) is 0 Å². The Labute approximate surface area is 128 Å². The number of aryl methyl sites for hydroxylation is 2. The van der Waals surface area contributed by atoms with Gasteiger partial charge in [0.05, 0.1) is 13.2 Å². The number of hydrogen-bond acceptors (Lipinski definition) is 2. The van der Waals surface area contributed by atoms with Gasteiger partial charge in [-0.25, -0.2) is 0 Å². The van der Waals surface area contributed by atoms with E-state index in [1.54, 1.807) is 7.11 Å². The Balaban J connectivity index is 2.55. The molecule has 0 amide bonds. The molecule has 112 valence electrons. The molecule has 0 radical (unpaired) electrons. The van der Waals surface area contributed by atoms with E-state index >= 15 is 0 Å². The number of ether oxygens (including phenoxy) is 1. The highest BCUT2D eigenvalue weighted by Crippen LogP contribution is 2.34. The second-order valence-electron chi connectivity index (χ2n) is 5.53. The van der Waals surface area contributed by atoms with E-state index in [2.05, 4.69) is 69.4 Å². The van der Waals surface area contributed by atoms with Crippen LogP contribution in [-0.2, 0) is 0 Å². The molecule has 0 bridgehead atoms. The van der Waals surface area contributed by atoms with Crippen LogP contribution in [0, 0.1) is 20.8 Å². The van der Waals surface area contributed by atoms with Gasteiger partial charge in [0, 0.05) is 5.56 Å². The molecule has 0 saturated carbocycles. The fourth-order valence-electron chi connectivity index (χ4n) is 2.77. The standard InChI is InChI=1S/C19H25NO/c1-6-20-18(16-9-7-8-13(2)12-16)17-11-10-14(3)15(4)19(17)21-5/h7-12,18,20H,6H2,1-5H3. The minimum absolute atomic E-state index is 0.157. The van der Waals surface area contributed by atoms with E-state index in [1.165, 1.54) is 27.8 Å². The minimum Gasteiger partial charge on any atom is -0.496 e. The van der Waals surface area contributed by atoms with E-state index in [4.69, 9.17) is 4.74 Å². The van der Waals surface area contributed by atoms with Crippen LogP contribution in [0.4, 0.5) is 0 Å². The van der Waals surface area contributed by atoms with Crippen molar-refractivity contribution in [1.82, 2.24) is 5.32 Å². The van der Waals surface area contributed by atoms with E-state index in [1.807, 2.05) is 0 Å². The van der Waals surface area contributed by atoms with Crippen LogP contribution in [0.15, 0.2) is 36.4 Å². The van der Waals surface area contributed by atoms with E-state index in [-0.39, 0.29) is 6.04 Å². The summed E-state index contributed by atoms with van der Waals surface area (Å²) in [6.45, 7) is 9.42. The van der Waals surface area contributed by atoms with Crippen molar-refractivity contribution in [3.63, 3.8) is 0 Å². The smallest absolute Gasteiger partial charge is 0.127 e. The molecule has 0 heterocycles. The average molecular weight is 283 g/mol. The third-order valence-electron chi connectivity index (χ3n) is 4.01. The molecule has 0 aliphatic carbocycles. The van der Waals surface area contributed by atoms with Crippen LogP contribution in [0.5, 0.6) is 5.75 Å².